The predicted octanol–water partition coefficient (Wildman–Crippen LogP) is 2.42. The van der Waals surface area contributed by atoms with Gasteiger partial charge < -0.3 is 24.8 Å². The zero-order valence-electron chi connectivity index (χ0n) is 17.4. The highest BCUT2D eigenvalue weighted by Gasteiger charge is 2.42. The van der Waals surface area contributed by atoms with Gasteiger partial charge in [-0.2, -0.15) is 0 Å². The Labute approximate surface area is 170 Å². The van der Waals surface area contributed by atoms with E-state index < -0.39 is 0 Å². The summed E-state index contributed by atoms with van der Waals surface area (Å²) >= 11 is 0. The highest BCUT2D eigenvalue weighted by Crippen LogP contribution is 2.37. The van der Waals surface area contributed by atoms with Crippen molar-refractivity contribution in [1.82, 2.24) is 10.2 Å². The molecule has 0 aromatic rings. The summed E-state index contributed by atoms with van der Waals surface area (Å²) in [6.07, 6.45) is 11.8. The number of likely N-dealkylation sites (tertiary alicyclic amines) is 1. The van der Waals surface area contributed by atoms with Crippen LogP contribution in [0.15, 0.2) is 0 Å². The molecular formula is C23H40N2O3. The molecule has 28 heavy (non-hydrogen) atoms. The lowest BCUT2D eigenvalue weighted by molar-refractivity contribution is -0.162. The highest BCUT2D eigenvalue weighted by molar-refractivity contribution is 4.97. The monoisotopic (exact) mass is 392 g/mol. The van der Waals surface area contributed by atoms with Gasteiger partial charge in [0.05, 0.1) is 31.5 Å². The summed E-state index contributed by atoms with van der Waals surface area (Å²) in [5.74, 6) is 2.85. The number of hydrogen-bond acceptors (Lipinski definition) is 5. The third-order valence-corrected chi connectivity index (χ3v) is 8.50. The molecule has 5 rings (SSSR count). The molecule has 160 valence electrons. The first-order chi connectivity index (χ1) is 13.8. The average Bonchev–Trinajstić information content (AvgIpc) is 3.15. The molecule has 2 aliphatic carbocycles. The van der Waals surface area contributed by atoms with E-state index in [-0.39, 0.29) is 6.10 Å². The van der Waals surface area contributed by atoms with E-state index in [9.17, 15) is 5.11 Å². The topological polar surface area (TPSA) is 54.0 Å². The maximum Gasteiger partial charge on any atom is 0.0841 e. The zero-order chi connectivity index (χ0) is 18.9. The number of rotatable bonds is 4. The number of nitrogens with one attached hydrogen (secondary N) is 1. The predicted molar refractivity (Wildman–Crippen MR) is 109 cm³/mol. The van der Waals surface area contributed by atoms with Gasteiger partial charge in [0.1, 0.15) is 0 Å². The van der Waals surface area contributed by atoms with Gasteiger partial charge in [-0.1, -0.05) is 19.3 Å². The maximum absolute atomic E-state index is 11.0. The highest BCUT2D eigenvalue weighted by atomic mass is 16.6. The Morgan fingerprint density at radius 3 is 2.54 bits per heavy atom. The van der Waals surface area contributed by atoms with Crippen LogP contribution in [0.3, 0.4) is 0 Å². The quantitative estimate of drug-likeness (QED) is 0.770. The van der Waals surface area contributed by atoms with E-state index in [4.69, 9.17) is 9.47 Å². The molecule has 2 saturated carbocycles. The molecule has 0 aromatic carbocycles. The van der Waals surface area contributed by atoms with Crippen LogP contribution >= 0.6 is 0 Å². The first-order valence-electron chi connectivity index (χ1n) is 12.1. The molecule has 7 unspecified atom stereocenters. The Balaban J connectivity index is 1.11. The van der Waals surface area contributed by atoms with Crippen LogP contribution in [0.1, 0.15) is 57.8 Å². The number of aliphatic hydroxyl groups is 1. The normalized spacial score (nSPS) is 44.0. The number of nitrogens with zero attached hydrogens (tertiary/aromatic N) is 1. The van der Waals surface area contributed by atoms with E-state index in [2.05, 4.69) is 10.2 Å². The fourth-order valence-electron chi connectivity index (χ4n) is 6.94. The van der Waals surface area contributed by atoms with E-state index in [1.165, 1.54) is 77.4 Å². The molecule has 5 aliphatic rings. The molecule has 7 atom stereocenters. The lowest BCUT2D eigenvalue weighted by atomic mass is 9.77. The second kappa shape index (κ2) is 8.89. The second-order valence-corrected chi connectivity index (χ2v) is 10.4. The molecule has 0 spiro atoms. The average molecular weight is 393 g/mol. The van der Waals surface area contributed by atoms with Gasteiger partial charge in [-0.3, -0.25) is 0 Å². The van der Waals surface area contributed by atoms with E-state index in [1.54, 1.807) is 0 Å². The first kappa shape index (κ1) is 19.7. The van der Waals surface area contributed by atoms with E-state index in [0.29, 0.717) is 24.2 Å². The fraction of sp³-hybridized carbons (Fsp3) is 1.00. The van der Waals surface area contributed by atoms with Crippen molar-refractivity contribution in [3.05, 3.63) is 0 Å². The Morgan fingerprint density at radius 1 is 0.893 bits per heavy atom. The summed E-state index contributed by atoms with van der Waals surface area (Å²) in [6.45, 7) is 6.37. The van der Waals surface area contributed by atoms with E-state index in [0.717, 1.165) is 37.5 Å². The zero-order valence-corrected chi connectivity index (χ0v) is 17.4. The molecular weight excluding hydrogens is 352 g/mol. The Bertz CT molecular complexity index is 512. The largest absolute Gasteiger partial charge is 0.391 e. The van der Waals surface area contributed by atoms with Crippen molar-refractivity contribution in [2.24, 2.45) is 23.7 Å². The Morgan fingerprint density at radius 2 is 1.68 bits per heavy atom. The molecule has 3 heterocycles. The molecule has 0 aromatic heterocycles. The van der Waals surface area contributed by atoms with E-state index >= 15 is 0 Å². The van der Waals surface area contributed by atoms with Crippen molar-refractivity contribution < 1.29 is 14.6 Å². The molecule has 0 amide bonds. The number of ether oxygens (including phenoxy) is 2. The fourth-order valence-corrected chi connectivity index (χ4v) is 6.94. The molecule has 2 N–H and O–H groups in total. The van der Waals surface area contributed by atoms with Crippen LogP contribution in [-0.4, -0.2) is 73.8 Å². The minimum Gasteiger partial charge on any atom is -0.391 e. The Hall–Kier alpha value is -0.200. The van der Waals surface area contributed by atoms with Gasteiger partial charge in [-0.05, 0) is 68.7 Å². The van der Waals surface area contributed by atoms with Crippen LogP contribution in [0.4, 0.5) is 0 Å². The summed E-state index contributed by atoms with van der Waals surface area (Å²) in [5, 5.41) is 14.7. The molecule has 0 bridgehead atoms. The summed E-state index contributed by atoms with van der Waals surface area (Å²) in [6, 6.07) is 0.326. The van der Waals surface area contributed by atoms with Gasteiger partial charge in [0.2, 0.25) is 0 Å². The summed E-state index contributed by atoms with van der Waals surface area (Å²) in [4.78, 5) is 2.72. The van der Waals surface area contributed by atoms with Crippen molar-refractivity contribution in [3.63, 3.8) is 0 Å². The molecule has 5 fully saturated rings. The standard InChI is InChI=1S/C23H40N2O3/c26-23(17-4-2-1-3-5-17)20-11-18-14-25(15-19(18)12-24-20)13-16-6-7-21-22(10-16)28-9-8-27-21/h16-24,26H,1-15H2. The molecule has 5 nitrogen and oxygen atoms in total. The third kappa shape index (κ3) is 4.29. The Kier molecular flexibility index (Phi) is 6.27. The van der Waals surface area contributed by atoms with Gasteiger partial charge >= 0.3 is 0 Å². The van der Waals surface area contributed by atoms with Crippen LogP contribution in [0.2, 0.25) is 0 Å². The molecule has 5 heteroatoms. The lowest BCUT2D eigenvalue weighted by Crippen LogP contribution is -2.51. The minimum absolute atomic E-state index is 0.131. The van der Waals surface area contributed by atoms with Crippen molar-refractivity contribution in [3.8, 4) is 0 Å². The number of piperidine rings is 1. The lowest BCUT2D eigenvalue weighted by Gasteiger charge is -2.40. The summed E-state index contributed by atoms with van der Waals surface area (Å²) < 4.78 is 11.9. The first-order valence-corrected chi connectivity index (χ1v) is 12.1. The minimum atomic E-state index is -0.131. The molecule has 3 saturated heterocycles. The van der Waals surface area contributed by atoms with Crippen LogP contribution in [0.25, 0.3) is 0 Å². The van der Waals surface area contributed by atoms with Gasteiger partial charge in [-0.25, -0.2) is 0 Å². The molecule has 3 aliphatic heterocycles. The maximum atomic E-state index is 11.0. The van der Waals surface area contributed by atoms with Crippen molar-refractivity contribution in [2.75, 3.05) is 39.4 Å². The summed E-state index contributed by atoms with van der Waals surface area (Å²) in [5.41, 5.74) is 0. The van der Waals surface area contributed by atoms with Gasteiger partial charge in [0.15, 0.2) is 0 Å². The number of hydrogen-bond donors (Lipinski definition) is 2. The van der Waals surface area contributed by atoms with Crippen molar-refractivity contribution >= 4 is 0 Å². The van der Waals surface area contributed by atoms with Gasteiger partial charge in [0, 0.05) is 25.7 Å². The van der Waals surface area contributed by atoms with Crippen LogP contribution < -0.4 is 5.32 Å². The molecule has 0 radical (unpaired) electrons. The third-order valence-electron chi connectivity index (χ3n) is 8.50. The van der Waals surface area contributed by atoms with Crippen LogP contribution in [-0.2, 0) is 9.47 Å². The number of aliphatic hydroxyl groups excluding tert-OH is 1. The van der Waals surface area contributed by atoms with E-state index in [1.807, 2.05) is 0 Å². The van der Waals surface area contributed by atoms with Gasteiger partial charge in [0.25, 0.3) is 0 Å². The van der Waals surface area contributed by atoms with Crippen LogP contribution in [0.5, 0.6) is 0 Å². The van der Waals surface area contributed by atoms with Crippen molar-refractivity contribution in [2.45, 2.75) is 82.1 Å². The smallest absolute Gasteiger partial charge is 0.0841 e. The van der Waals surface area contributed by atoms with Gasteiger partial charge in [-0.15, -0.1) is 0 Å². The van der Waals surface area contributed by atoms with Crippen LogP contribution in [0, 0.1) is 23.7 Å². The van der Waals surface area contributed by atoms with Crippen molar-refractivity contribution in [1.29, 1.82) is 0 Å². The number of fused-ring (bicyclic) bond motifs is 2. The second-order valence-electron chi connectivity index (χ2n) is 10.4. The summed E-state index contributed by atoms with van der Waals surface area (Å²) in [7, 11) is 0. The SMILES string of the molecule is OC(C1CCCCC1)C1CC2CN(CC3CCC4OCCOC4C3)CC2CN1.